The zero-order chi connectivity index (χ0) is 13.0. The van der Waals surface area contributed by atoms with E-state index in [1.165, 1.54) is 5.56 Å². The van der Waals surface area contributed by atoms with E-state index in [4.69, 9.17) is 4.74 Å². The lowest BCUT2D eigenvalue weighted by molar-refractivity contribution is -0.0393. The zero-order valence-corrected chi connectivity index (χ0v) is 11.1. The fourth-order valence-electron chi connectivity index (χ4n) is 2.41. The number of phenols is 1. The van der Waals surface area contributed by atoms with Crippen LogP contribution in [-0.2, 0) is 4.74 Å². The third kappa shape index (κ3) is 3.22. The Morgan fingerprint density at radius 2 is 2.17 bits per heavy atom. The number of nitrogens with one attached hydrogen (secondary N) is 1. The first-order valence-electron chi connectivity index (χ1n) is 6.50. The minimum Gasteiger partial charge on any atom is -0.508 e. The summed E-state index contributed by atoms with van der Waals surface area (Å²) in [5.41, 5.74) is 1.23. The van der Waals surface area contributed by atoms with Crippen molar-refractivity contribution >= 4 is 0 Å². The normalized spacial score (nSPS) is 22.9. The molecule has 0 radical (unpaired) electrons. The van der Waals surface area contributed by atoms with E-state index < -0.39 is 0 Å². The quantitative estimate of drug-likeness (QED) is 0.847. The van der Waals surface area contributed by atoms with Gasteiger partial charge in [-0.2, -0.15) is 0 Å². The topological polar surface area (TPSA) is 44.7 Å². The molecule has 4 heteroatoms. The van der Waals surface area contributed by atoms with Crippen LogP contribution in [0.5, 0.6) is 5.75 Å². The number of aromatic hydroxyl groups is 1. The second kappa shape index (κ2) is 6.18. The minimum absolute atomic E-state index is 0.267. The molecule has 4 nitrogen and oxygen atoms in total. The van der Waals surface area contributed by atoms with Gasteiger partial charge in [0.25, 0.3) is 0 Å². The number of phenolic OH excluding ortho intramolecular Hbond substituents is 1. The largest absolute Gasteiger partial charge is 0.508 e. The highest BCUT2D eigenvalue weighted by Gasteiger charge is 2.24. The van der Waals surface area contributed by atoms with Gasteiger partial charge in [0.2, 0.25) is 0 Å². The number of ether oxygens (including phenoxy) is 1. The van der Waals surface area contributed by atoms with Gasteiger partial charge < -0.3 is 15.2 Å². The number of likely N-dealkylation sites (N-methyl/N-ethyl adjacent to an activating group) is 1. The van der Waals surface area contributed by atoms with Crippen molar-refractivity contribution in [1.82, 2.24) is 10.2 Å². The van der Waals surface area contributed by atoms with Gasteiger partial charge in [0.15, 0.2) is 0 Å². The third-order valence-corrected chi connectivity index (χ3v) is 3.53. The second-order valence-electron chi connectivity index (χ2n) is 4.81. The highest BCUT2D eigenvalue weighted by molar-refractivity contribution is 5.27. The lowest BCUT2D eigenvalue weighted by Gasteiger charge is -2.37. The highest BCUT2D eigenvalue weighted by atomic mass is 16.5. The molecule has 0 saturated carbocycles. The predicted molar refractivity (Wildman–Crippen MR) is 71.8 cm³/mol. The molecule has 0 aliphatic carbocycles. The molecule has 2 N–H and O–H groups in total. The summed E-state index contributed by atoms with van der Waals surface area (Å²) in [6, 6.07) is 7.83. The molecule has 18 heavy (non-hydrogen) atoms. The molecule has 1 heterocycles. The first-order chi connectivity index (χ1) is 8.70. The van der Waals surface area contributed by atoms with Crippen molar-refractivity contribution < 1.29 is 9.84 Å². The summed E-state index contributed by atoms with van der Waals surface area (Å²) in [5, 5.41) is 12.5. The molecule has 1 aliphatic rings. The van der Waals surface area contributed by atoms with Gasteiger partial charge >= 0.3 is 0 Å². The van der Waals surface area contributed by atoms with E-state index in [9.17, 15) is 5.11 Å². The van der Waals surface area contributed by atoms with Crippen LogP contribution in [0, 0.1) is 0 Å². The summed E-state index contributed by atoms with van der Waals surface area (Å²) in [5.74, 6) is 0.320. The molecule has 2 unspecified atom stereocenters. The molecule has 0 spiro atoms. The van der Waals surface area contributed by atoms with Gasteiger partial charge in [0.1, 0.15) is 5.75 Å². The van der Waals surface area contributed by atoms with Gasteiger partial charge in [-0.25, -0.2) is 0 Å². The molecule has 2 rings (SSSR count). The maximum atomic E-state index is 9.32. The molecule has 0 bridgehead atoms. The van der Waals surface area contributed by atoms with Gasteiger partial charge in [0, 0.05) is 25.7 Å². The van der Waals surface area contributed by atoms with Crippen LogP contribution in [0.2, 0.25) is 0 Å². The van der Waals surface area contributed by atoms with Crippen molar-refractivity contribution in [2.75, 3.05) is 33.3 Å². The van der Waals surface area contributed by atoms with Crippen LogP contribution >= 0.6 is 0 Å². The van der Waals surface area contributed by atoms with Crippen molar-refractivity contribution in [3.8, 4) is 5.75 Å². The molecule has 1 aliphatic heterocycles. The monoisotopic (exact) mass is 250 g/mol. The van der Waals surface area contributed by atoms with E-state index in [0.29, 0.717) is 11.8 Å². The van der Waals surface area contributed by atoms with E-state index in [-0.39, 0.29) is 6.10 Å². The maximum absolute atomic E-state index is 9.32. The van der Waals surface area contributed by atoms with Gasteiger partial charge in [-0.05, 0) is 31.7 Å². The standard InChI is InChI=1S/C14H22N2O2/c1-11(12-3-5-13(17)6-4-12)16-7-8-18-14(10-16)9-15-2/h3-6,11,14-15,17H,7-10H2,1-2H3. The lowest BCUT2D eigenvalue weighted by Crippen LogP contribution is -2.46. The second-order valence-corrected chi connectivity index (χ2v) is 4.81. The Bertz CT molecular complexity index is 365. The van der Waals surface area contributed by atoms with Crippen LogP contribution in [0.15, 0.2) is 24.3 Å². The Kier molecular flexibility index (Phi) is 4.58. The van der Waals surface area contributed by atoms with Crippen molar-refractivity contribution in [2.24, 2.45) is 0 Å². The molecular weight excluding hydrogens is 228 g/mol. The lowest BCUT2D eigenvalue weighted by atomic mass is 10.1. The van der Waals surface area contributed by atoms with Crippen molar-refractivity contribution in [3.05, 3.63) is 29.8 Å². The number of hydrogen-bond donors (Lipinski definition) is 2. The number of rotatable bonds is 4. The van der Waals surface area contributed by atoms with Crippen molar-refractivity contribution in [1.29, 1.82) is 0 Å². The van der Waals surface area contributed by atoms with E-state index >= 15 is 0 Å². The molecule has 0 amide bonds. The summed E-state index contributed by atoms with van der Waals surface area (Å²) in [6.45, 7) is 5.78. The molecule has 1 fully saturated rings. The molecular formula is C14H22N2O2. The summed E-state index contributed by atoms with van der Waals surface area (Å²) < 4.78 is 5.71. The third-order valence-electron chi connectivity index (χ3n) is 3.53. The van der Waals surface area contributed by atoms with E-state index in [0.717, 1.165) is 26.2 Å². The average Bonchev–Trinajstić information content (AvgIpc) is 2.39. The van der Waals surface area contributed by atoms with Crippen molar-refractivity contribution in [2.45, 2.75) is 19.1 Å². The van der Waals surface area contributed by atoms with Crippen LogP contribution in [0.1, 0.15) is 18.5 Å². The fraction of sp³-hybridized carbons (Fsp3) is 0.571. The Labute approximate surface area is 109 Å². The first-order valence-corrected chi connectivity index (χ1v) is 6.50. The van der Waals surface area contributed by atoms with Crippen LogP contribution < -0.4 is 5.32 Å². The van der Waals surface area contributed by atoms with E-state index in [1.54, 1.807) is 12.1 Å². The fourth-order valence-corrected chi connectivity index (χ4v) is 2.41. The van der Waals surface area contributed by atoms with Gasteiger partial charge in [-0.15, -0.1) is 0 Å². The summed E-state index contributed by atoms with van der Waals surface area (Å²) in [7, 11) is 1.95. The number of benzene rings is 1. The zero-order valence-electron chi connectivity index (χ0n) is 11.1. The summed E-state index contributed by atoms with van der Waals surface area (Å²) >= 11 is 0. The molecule has 1 saturated heterocycles. The van der Waals surface area contributed by atoms with Crippen molar-refractivity contribution in [3.63, 3.8) is 0 Å². The van der Waals surface area contributed by atoms with E-state index in [1.807, 2.05) is 19.2 Å². The first kappa shape index (κ1) is 13.3. The summed E-state index contributed by atoms with van der Waals surface area (Å²) in [4.78, 5) is 2.43. The predicted octanol–water partition coefficient (Wildman–Crippen LogP) is 1.37. The van der Waals surface area contributed by atoms with Crippen LogP contribution in [0.4, 0.5) is 0 Å². The Morgan fingerprint density at radius 3 is 2.83 bits per heavy atom. The maximum Gasteiger partial charge on any atom is 0.115 e. The van der Waals surface area contributed by atoms with Crippen LogP contribution in [0.3, 0.4) is 0 Å². The van der Waals surface area contributed by atoms with Crippen LogP contribution in [0.25, 0.3) is 0 Å². The van der Waals surface area contributed by atoms with Gasteiger partial charge in [0.05, 0.1) is 12.7 Å². The smallest absolute Gasteiger partial charge is 0.115 e. The molecule has 0 aromatic heterocycles. The molecule has 100 valence electrons. The van der Waals surface area contributed by atoms with Crippen LogP contribution in [-0.4, -0.2) is 49.4 Å². The SMILES string of the molecule is CNCC1CN(C(C)c2ccc(O)cc2)CCO1. The molecule has 1 aromatic carbocycles. The van der Waals surface area contributed by atoms with Gasteiger partial charge in [-0.3, -0.25) is 4.90 Å². The Hall–Kier alpha value is -1.10. The van der Waals surface area contributed by atoms with Gasteiger partial charge in [-0.1, -0.05) is 12.1 Å². The summed E-state index contributed by atoms with van der Waals surface area (Å²) in [6.07, 6.45) is 0.267. The number of nitrogens with zero attached hydrogens (tertiary/aromatic N) is 1. The Balaban J connectivity index is 1.99. The molecule has 2 atom stereocenters. The number of hydrogen-bond acceptors (Lipinski definition) is 4. The minimum atomic E-state index is 0.267. The van der Waals surface area contributed by atoms with E-state index in [2.05, 4.69) is 17.1 Å². The molecule has 1 aromatic rings. The highest BCUT2D eigenvalue weighted by Crippen LogP contribution is 2.24. The number of morpholine rings is 1. The Morgan fingerprint density at radius 1 is 1.44 bits per heavy atom. The average molecular weight is 250 g/mol.